The fourth-order valence-corrected chi connectivity index (χ4v) is 2.77. The predicted octanol–water partition coefficient (Wildman–Crippen LogP) is 3.76. The number of benzene rings is 2. The number of halogens is 2. The Bertz CT molecular complexity index is 912. The molecule has 8 heteroatoms. The van der Waals surface area contributed by atoms with Gasteiger partial charge in [0.2, 0.25) is 5.95 Å². The van der Waals surface area contributed by atoms with Crippen LogP contribution in [0.1, 0.15) is 11.4 Å². The number of nitrogen functional groups attached to an aromatic ring is 1. The molecule has 1 heterocycles. The summed E-state index contributed by atoms with van der Waals surface area (Å²) in [6.45, 7) is 0. The summed E-state index contributed by atoms with van der Waals surface area (Å²) in [4.78, 5) is 4.31. The van der Waals surface area contributed by atoms with E-state index in [1.807, 2.05) is 18.2 Å². The highest BCUT2D eigenvalue weighted by Crippen LogP contribution is 2.29. The van der Waals surface area contributed by atoms with Crippen LogP contribution in [0.15, 0.2) is 36.4 Å². The molecule has 1 aromatic heterocycles. The van der Waals surface area contributed by atoms with Crippen LogP contribution in [-0.2, 0) is 6.42 Å². The Morgan fingerprint density at radius 2 is 1.76 bits per heavy atom. The molecule has 0 fully saturated rings. The summed E-state index contributed by atoms with van der Waals surface area (Å²) in [7, 11) is 3.19. The highest BCUT2D eigenvalue weighted by atomic mass is 35.5. The van der Waals surface area contributed by atoms with Crippen LogP contribution in [0, 0.1) is 0 Å². The van der Waals surface area contributed by atoms with Gasteiger partial charge in [-0.15, -0.1) is 5.10 Å². The normalized spacial score (nSPS) is 10.7. The average molecular weight is 379 g/mol. The van der Waals surface area contributed by atoms with E-state index in [4.69, 9.17) is 38.4 Å². The molecule has 0 saturated heterocycles. The minimum absolute atomic E-state index is 0.182. The van der Waals surface area contributed by atoms with Crippen LogP contribution >= 0.6 is 23.2 Å². The Morgan fingerprint density at radius 3 is 2.44 bits per heavy atom. The van der Waals surface area contributed by atoms with Gasteiger partial charge in [-0.1, -0.05) is 29.3 Å². The molecule has 0 aliphatic carbocycles. The maximum atomic E-state index is 6.10. The molecule has 0 saturated carbocycles. The first-order valence-corrected chi connectivity index (χ1v) is 8.15. The molecule has 0 aliphatic heterocycles. The monoisotopic (exact) mass is 378 g/mol. The third-order valence-electron chi connectivity index (χ3n) is 3.65. The minimum atomic E-state index is 0.182. The second kappa shape index (κ2) is 7.21. The lowest BCUT2D eigenvalue weighted by molar-refractivity contribution is 0.354. The summed E-state index contributed by atoms with van der Waals surface area (Å²) in [5.41, 5.74) is 7.50. The molecule has 0 unspecified atom stereocenters. The number of aromatic nitrogens is 3. The zero-order valence-electron chi connectivity index (χ0n) is 13.7. The summed E-state index contributed by atoms with van der Waals surface area (Å²) in [6.07, 6.45) is 0.505. The molecule has 6 nitrogen and oxygen atoms in total. The van der Waals surface area contributed by atoms with E-state index >= 15 is 0 Å². The summed E-state index contributed by atoms with van der Waals surface area (Å²) >= 11 is 12.1. The zero-order valence-corrected chi connectivity index (χ0v) is 15.2. The Kier molecular flexibility index (Phi) is 5.01. The third-order valence-corrected chi connectivity index (χ3v) is 4.39. The van der Waals surface area contributed by atoms with Crippen LogP contribution in [0.25, 0.3) is 5.69 Å². The van der Waals surface area contributed by atoms with Crippen molar-refractivity contribution in [3.8, 4) is 17.2 Å². The van der Waals surface area contributed by atoms with Crippen molar-refractivity contribution in [1.29, 1.82) is 0 Å². The predicted molar refractivity (Wildman–Crippen MR) is 98.1 cm³/mol. The van der Waals surface area contributed by atoms with Crippen molar-refractivity contribution in [3.05, 3.63) is 57.8 Å². The summed E-state index contributed by atoms with van der Waals surface area (Å²) in [6, 6.07) is 10.9. The number of hydrogen-bond donors (Lipinski definition) is 1. The molecule has 0 atom stereocenters. The molecule has 0 spiro atoms. The number of nitrogens with zero attached hydrogens (tertiary/aromatic N) is 3. The van der Waals surface area contributed by atoms with Gasteiger partial charge in [0.15, 0.2) is 11.5 Å². The summed E-state index contributed by atoms with van der Waals surface area (Å²) < 4.78 is 12.2. The number of methoxy groups -OCH3 is 2. The van der Waals surface area contributed by atoms with Crippen LogP contribution < -0.4 is 15.2 Å². The van der Waals surface area contributed by atoms with E-state index in [1.165, 1.54) is 0 Å². The molecule has 2 N–H and O–H groups in total. The number of hydrogen-bond acceptors (Lipinski definition) is 5. The molecule has 130 valence electrons. The van der Waals surface area contributed by atoms with E-state index in [1.54, 1.807) is 37.1 Å². The highest BCUT2D eigenvalue weighted by Gasteiger charge is 2.13. The smallest absolute Gasteiger partial charge is 0.240 e. The molecule has 3 aromatic rings. The van der Waals surface area contributed by atoms with Gasteiger partial charge in [-0.3, -0.25) is 0 Å². The zero-order chi connectivity index (χ0) is 18.0. The molecule has 2 aromatic carbocycles. The van der Waals surface area contributed by atoms with Crippen LogP contribution in [-0.4, -0.2) is 29.0 Å². The molecule has 0 amide bonds. The van der Waals surface area contributed by atoms with Gasteiger partial charge in [0, 0.05) is 6.42 Å². The van der Waals surface area contributed by atoms with Crippen molar-refractivity contribution in [2.75, 3.05) is 20.0 Å². The van der Waals surface area contributed by atoms with Gasteiger partial charge in [0.05, 0.1) is 30.0 Å². The summed E-state index contributed by atoms with van der Waals surface area (Å²) in [5, 5.41) is 5.16. The molecule has 25 heavy (non-hydrogen) atoms. The molecular formula is C17H16Cl2N4O2. The van der Waals surface area contributed by atoms with Crippen molar-refractivity contribution in [1.82, 2.24) is 14.8 Å². The first-order valence-electron chi connectivity index (χ1n) is 7.39. The van der Waals surface area contributed by atoms with Crippen LogP contribution in [0.2, 0.25) is 10.0 Å². The van der Waals surface area contributed by atoms with Gasteiger partial charge in [-0.2, -0.15) is 4.98 Å². The molecule has 3 rings (SSSR count). The van der Waals surface area contributed by atoms with Crippen LogP contribution in [0.3, 0.4) is 0 Å². The maximum Gasteiger partial charge on any atom is 0.240 e. The van der Waals surface area contributed by atoms with Gasteiger partial charge in [0.1, 0.15) is 5.82 Å². The van der Waals surface area contributed by atoms with Gasteiger partial charge in [-0.05, 0) is 35.9 Å². The lowest BCUT2D eigenvalue weighted by Crippen LogP contribution is -2.04. The SMILES string of the molecule is COc1ccc(Cc2nc(N)nn2-c2ccc(Cl)c(Cl)c2)cc1OC. The maximum absolute atomic E-state index is 6.10. The lowest BCUT2D eigenvalue weighted by atomic mass is 10.1. The van der Waals surface area contributed by atoms with Gasteiger partial charge in [0.25, 0.3) is 0 Å². The second-order valence-electron chi connectivity index (χ2n) is 5.26. The van der Waals surface area contributed by atoms with Gasteiger partial charge >= 0.3 is 0 Å². The van der Waals surface area contributed by atoms with Crippen molar-refractivity contribution in [2.45, 2.75) is 6.42 Å². The Balaban J connectivity index is 1.97. The Morgan fingerprint density at radius 1 is 1.00 bits per heavy atom. The first kappa shape index (κ1) is 17.4. The molecule has 0 bridgehead atoms. The second-order valence-corrected chi connectivity index (χ2v) is 6.08. The molecular weight excluding hydrogens is 363 g/mol. The summed E-state index contributed by atoms with van der Waals surface area (Å²) in [5.74, 6) is 2.16. The Labute approximate surface area is 155 Å². The Hall–Kier alpha value is -2.44. The average Bonchev–Trinajstić information content (AvgIpc) is 2.97. The highest BCUT2D eigenvalue weighted by molar-refractivity contribution is 6.42. The standard InChI is InChI=1S/C17H16Cl2N4O2/c1-24-14-6-3-10(7-15(14)25-2)8-16-21-17(20)22-23(16)11-4-5-12(18)13(19)9-11/h3-7,9H,8H2,1-2H3,(H2,20,22). The van der Waals surface area contributed by atoms with Crippen molar-refractivity contribution in [3.63, 3.8) is 0 Å². The number of nitrogens with two attached hydrogens (primary N) is 1. The first-order chi connectivity index (χ1) is 12.0. The number of anilines is 1. The van der Waals surface area contributed by atoms with E-state index in [0.29, 0.717) is 33.8 Å². The molecule has 0 aliphatic rings. The van der Waals surface area contributed by atoms with Crippen LogP contribution in [0.5, 0.6) is 11.5 Å². The fourth-order valence-electron chi connectivity index (χ4n) is 2.47. The van der Waals surface area contributed by atoms with Crippen molar-refractivity contribution >= 4 is 29.2 Å². The van der Waals surface area contributed by atoms with Crippen molar-refractivity contribution < 1.29 is 9.47 Å². The number of ether oxygens (including phenoxy) is 2. The topological polar surface area (TPSA) is 75.2 Å². The van der Waals surface area contributed by atoms with E-state index in [9.17, 15) is 0 Å². The fraction of sp³-hybridized carbons (Fsp3) is 0.176. The van der Waals surface area contributed by atoms with E-state index in [-0.39, 0.29) is 5.95 Å². The van der Waals surface area contributed by atoms with Crippen LogP contribution in [0.4, 0.5) is 5.95 Å². The minimum Gasteiger partial charge on any atom is -0.493 e. The van der Waals surface area contributed by atoms with Crippen molar-refractivity contribution in [2.24, 2.45) is 0 Å². The van der Waals surface area contributed by atoms with Gasteiger partial charge < -0.3 is 15.2 Å². The van der Waals surface area contributed by atoms with Gasteiger partial charge in [-0.25, -0.2) is 4.68 Å². The van der Waals surface area contributed by atoms with E-state index in [2.05, 4.69) is 10.1 Å². The lowest BCUT2D eigenvalue weighted by Gasteiger charge is -2.10. The molecule has 0 radical (unpaired) electrons. The number of rotatable bonds is 5. The quantitative estimate of drug-likeness (QED) is 0.731. The largest absolute Gasteiger partial charge is 0.493 e. The van der Waals surface area contributed by atoms with E-state index in [0.717, 1.165) is 11.3 Å². The third kappa shape index (κ3) is 3.65. The van der Waals surface area contributed by atoms with E-state index < -0.39 is 0 Å².